The SMILES string of the molecule is C=c1[nH]c2c(C(=O)NC3CCCC3NC(=O)CNC)sc3nccc(c32)n1-c1ccc(Oc2ccccc2)cc1C. The van der Waals surface area contributed by atoms with Crippen LogP contribution in [0.5, 0.6) is 11.5 Å². The minimum absolute atomic E-state index is 0.0718. The molecule has 0 radical (unpaired) electrons. The van der Waals surface area contributed by atoms with Gasteiger partial charge in [0.25, 0.3) is 5.91 Å². The second-order valence-corrected chi connectivity index (χ2v) is 11.3. The number of ether oxygens (including phenoxy) is 1. The zero-order valence-corrected chi connectivity index (χ0v) is 23.8. The van der Waals surface area contributed by atoms with Gasteiger partial charge in [0.2, 0.25) is 5.91 Å². The van der Waals surface area contributed by atoms with Crippen molar-refractivity contribution in [3.63, 3.8) is 0 Å². The Labute approximate surface area is 241 Å². The third-order valence-electron chi connectivity index (χ3n) is 7.46. The van der Waals surface area contributed by atoms with E-state index in [4.69, 9.17) is 4.74 Å². The molecular weight excluding hydrogens is 536 g/mol. The quantitative estimate of drug-likeness (QED) is 0.222. The second kappa shape index (κ2) is 11.2. The second-order valence-electron chi connectivity index (χ2n) is 10.3. The first-order chi connectivity index (χ1) is 19.9. The van der Waals surface area contributed by atoms with Crippen LogP contribution in [0.25, 0.3) is 33.5 Å². The van der Waals surface area contributed by atoms with E-state index in [1.165, 1.54) is 11.3 Å². The van der Waals surface area contributed by atoms with E-state index in [0.29, 0.717) is 15.9 Å². The highest BCUT2D eigenvalue weighted by molar-refractivity contribution is 7.21. The summed E-state index contributed by atoms with van der Waals surface area (Å²) in [7, 11) is 1.74. The molecule has 0 saturated heterocycles. The number of carbonyl (C=O) groups is 2. The molecule has 41 heavy (non-hydrogen) atoms. The zero-order valence-electron chi connectivity index (χ0n) is 23.0. The molecule has 1 aliphatic carbocycles. The summed E-state index contributed by atoms with van der Waals surface area (Å²) >= 11 is 1.35. The van der Waals surface area contributed by atoms with Gasteiger partial charge in [-0.3, -0.25) is 14.2 Å². The molecule has 2 unspecified atom stereocenters. The highest BCUT2D eigenvalue weighted by Crippen LogP contribution is 2.35. The molecule has 0 bridgehead atoms. The van der Waals surface area contributed by atoms with Crippen molar-refractivity contribution in [2.45, 2.75) is 38.3 Å². The number of aromatic amines is 1. The summed E-state index contributed by atoms with van der Waals surface area (Å²) < 4.78 is 8.08. The number of amides is 2. The first kappa shape index (κ1) is 26.8. The van der Waals surface area contributed by atoms with Crippen LogP contribution in [-0.2, 0) is 4.79 Å². The molecule has 9 nitrogen and oxygen atoms in total. The van der Waals surface area contributed by atoms with Crippen LogP contribution in [0.3, 0.4) is 0 Å². The Hall–Kier alpha value is -4.41. The van der Waals surface area contributed by atoms with Gasteiger partial charge in [-0.15, -0.1) is 11.3 Å². The third kappa shape index (κ3) is 5.23. The van der Waals surface area contributed by atoms with Crippen molar-refractivity contribution in [3.8, 4) is 17.2 Å². The minimum atomic E-state index is -0.180. The average molecular weight is 569 g/mol. The molecule has 2 amide bonds. The Kier molecular flexibility index (Phi) is 7.34. The molecular formula is C31H32N6O3S. The summed E-state index contributed by atoms with van der Waals surface area (Å²) in [4.78, 5) is 35.0. The fourth-order valence-corrected chi connectivity index (χ4v) is 6.64. The molecule has 10 heteroatoms. The van der Waals surface area contributed by atoms with Gasteiger partial charge < -0.3 is 25.7 Å². The number of aromatic nitrogens is 3. The molecule has 2 atom stereocenters. The van der Waals surface area contributed by atoms with E-state index in [1.54, 1.807) is 13.2 Å². The number of pyridine rings is 1. The smallest absolute Gasteiger partial charge is 0.263 e. The number of para-hydroxylation sites is 1. The van der Waals surface area contributed by atoms with E-state index in [-0.39, 0.29) is 30.4 Å². The van der Waals surface area contributed by atoms with Crippen molar-refractivity contribution in [1.82, 2.24) is 30.5 Å². The van der Waals surface area contributed by atoms with Gasteiger partial charge in [-0.25, -0.2) is 4.98 Å². The van der Waals surface area contributed by atoms with Gasteiger partial charge in [0.05, 0.1) is 28.7 Å². The predicted octanol–water partition coefficient (Wildman–Crippen LogP) is 4.35. The van der Waals surface area contributed by atoms with Crippen LogP contribution in [0.2, 0.25) is 0 Å². The maximum Gasteiger partial charge on any atom is 0.263 e. The van der Waals surface area contributed by atoms with Crippen molar-refractivity contribution in [1.29, 1.82) is 0 Å². The number of hydrogen-bond acceptors (Lipinski definition) is 6. The van der Waals surface area contributed by atoms with E-state index in [1.807, 2.05) is 61.5 Å². The van der Waals surface area contributed by atoms with Crippen molar-refractivity contribution in [2.24, 2.45) is 0 Å². The molecule has 1 aliphatic rings. The monoisotopic (exact) mass is 568 g/mol. The van der Waals surface area contributed by atoms with Crippen LogP contribution in [0.1, 0.15) is 34.5 Å². The van der Waals surface area contributed by atoms with Gasteiger partial charge in [0, 0.05) is 18.3 Å². The summed E-state index contributed by atoms with van der Waals surface area (Å²) in [5.41, 5.74) is 4.21. The van der Waals surface area contributed by atoms with Gasteiger partial charge in [-0.1, -0.05) is 24.8 Å². The predicted molar refractivity (Wildman–Crippen MR) is 163 cm³/mol. The summed E-state index contributed by atoms with van der Waals surface area (Å²) in [6.45, 7) is 6.60. The summed E-state index contributed by atoms with van der Waals surface area (Å²) in [6, 6.07) is 17.4. The fourth-order valence-electron chi connectivity index (χ4n) is 5.62. The van der Waals surface area contributed by atoms with Crippen molar-refractivity contribution < 1.29 is 14.3 Å². The maximum atomic E-state index is 13.6. The molecule has 3 heterocycles. The molecule has 6 rings (SSSR count). The number of likely N-dealkylation sites (N-methyl/N-ethyl adjacent to an activating group) is 1. The van der Waals surface area contributed by atoms with E-state index in [2.05, 4.69) is 37.1 Å². The number of nitrogens with zero attached hydrogens (tertiary/aromatic N) is 2. The van der Waals surface area contributed by atoms with E-state index >= 15 is 0 Å². The summed E-state index contributed by atoms with van der Waals surface area (Å²) in [6.07, 6.45) is 4.36. The number of benzene rings is 2. The largest absolute Gasteiger partial charge is 0.457 e. The highest BCUT2D eigenvalue weighted by atomic mass is 32.1. The van der Waals surface area contributed by atoms with Crippen molar-refractivity contribution in [2.75, 3.05) is 13.6 Å². The van der Waals surface area contributed by atoms with Crippen molar-refractivity contribution >= 4 is 51.0 Å². The molecule has 3 aromatic heterocycles. The molecule has 0 spiro atoms. The average Bonchev–Trinajstić information content (AvgIpc) is 3.55. The Bertz CT molecular complexity index is 1810. The number of carbonyl (C=O) groups excluding carboxylic acids is 2. The number of rotatable bonds is 8. The lowest BCUT2D eigenvalue weighted by Gasteiger charge is -2.22. The van der Waals surface area contributed by atoms with Crippen LogP contribution in [0.4, 0.5) is 0 Å². The van der Waals surface area contributed by atoms with Gasteiger partial charge in [-0.2, -0.15) is 0 Å². The third-order valence-corrected chi connectivity index (χ3v) is 8.56. The molecule has 0 aliphatic heterocycles. The normalized spacial score (nSPS) is 16.7. The zero-order chi connectivity index (χ0) is 28.5. The van der Waals surface area contributed by atoms with Gasteiger partial charge >= 0.3 is 0 Å². The van der Waals surface area contributed by atoms with E-state index in [9.17, 15) is 9.59 Å². The maximum absolute atomic E-state index is 13.6. The topological polar surface area (TPSA) is 113 Å². The van der Waals surface area contributed by atoms with Gasteiger partial charge in [0.1, 0.15) is 26.7 Å². The lowest BCUT2D eigenvalue weighted by atomic mass is 10.1. The number of nitrogens with one attached hydrogen (secondary N) is 4. The van der Waals surface area contributed by atoms with Crippen LogP contribution >= 0.6 is 11.3 Å². The van der Waals surface area contributed by atoms with E-state index < -0.39 is 0 Å². The van der Waals surface area contributed by atoms with Crippen LogP contribution in [-0.4, -0.2) is 52.0 Å². The Morgan fingerprint density at radius 1 is 1.10 bits per heavy atom. The minimum Gasteiger partial charge on any atom is -0.457 e. The number of aryl methyl sites for hydroxylation is 1. The standard InChI is InChI=1S/C31H32N6O3S/c1-18-16-21(40-20-8-5-4-6-9-20)12-13-24(18)37-19(2)34-28-27-25(37)14-15-33-31(27)41-29(28)30(39)36-23-11-7-10-22(23)35-26(38)17-32-3/h4-6,8-9,12-16,22-23,32,34H,2,7,10-11,17H2,1,3H3,(H,35,38)(H,36,39). The Morgan fingerprint density at radius 3 is 2.63 bits per heavy atom. The van der Waals surface area contributed by atoms with Gasteiger partial charge in [0.15, 0.2) is 0 Å². The molecule has 4 N–H and O–H groups in total. The summed E-state index contributed by atoms with van der Waals surface area (Å²) in [5.74, 6) is 1.27. The highest BCUT2D eigenvalue weighted by Gasteiger charge is 2.31. The van der Waals surface area contributed by atoms with Crippen LogP contribution in [0, 0.1) is 6.92 Å². The molecule has 1 fully saturated rings. The molecule has 2 aromatic carbocycles. The first-order valence-electron chi connectivity index (χ1n) is 13.7. The van der Waals surface area contributed by atoms with Crippen LogP contribution < -0.4 is 26.2 Å². The lowest BCUT2D eigenvalue weighted by Crippen LogP contribution is -2.50. The Morgan fingerprint density at radius 2 is 1.88 bits per heavy atom. The molecule has 1 saturated carbocycles. The lowest BCUT2D eigenvalue weighted by molar-refractivity contribution is -0.120. The first-order valence-corrected chi connectivity index (χ1v) is 14.5. The number of hydrogen-bond donors (Lipinski definition) is 4. The van der Waals surface area contributed by atoms with Crippen LogP contribution in [0.15, 0.2) is 60.8 Å². The van der Waals surface area contributed by atoms with Gasteiger partial charge in [-0.05, 0) is 75.2 Å². The van der Waals surface area contributed by atoms with Crippen molar-refractivity contribution in [3.05, 3.63) is 76.7 Å². The Balaban J connectivity index is 1.33. The summed E-state index contributed by atoms with van der Waals surface area (Å²) in [5, 5.41) is 9.97. The number of H-pyrrole nitrogens is 1. The number of thiophene rings is 1. The van der Waals surface area contributed by atoms with E-state index in [0.717, 1.165) is 57.7 Å². The fraction of sp³-hybridized carbons (Fsp3) is 0.258. The molecule has 5 aromatic rings. The molecule has 210 valence electrons.